The summed E-state index contributed by atoms with van der Waals surface area (Å²) >= 11 is -0.826. The van der Waals surface area contributed by atoms with Gasteiger partial charge in [0.05, 0.1) is 0 Å². The van der Waals surface area contributed by atoms with Crippen LogP contribution in [0.15, 0.2) is 54.6 Å². The molecule has 0 saturated carbocycles. The van der Waals surface area contributed by atoms with Crippen LogP contribution in [0.3, 0.4) is 0 Å². The Kier molecular flexibility index (Phi) is 6.60. The van der Waals surface area contributed by atoms with Gasteiger partial charge in [0.2, 0.25) is 0 Å². The van der Waals surface area contributed by atoms with Crippen molar-refractivity contribution in [1.29, 1.82) is 0 Å². The number of hydrogen-bond donors (Lipinski definition) is 0. The maximum atomic E-state index is 4.93. The van der Waals surface area contributed by atoms with Crippen LogP contribution >= 0.6 is 17.0 Å². The molecule has 0 radical (unpaired) electrons. The Bertz CT molecular complexity index is 764. The van der Waals surface area contributed by atoms with Crippen molar-refractivity contribution >= 4 is 27.8 Å². The quantitative estimate of drug-likeness (QED) is 0.363. The van der Waals surface area contributed by atoms with Crippen molar-refractivity contribution in [3.05, 3.63) is 65.7 Å². The van der Waals surface area contributed by atoms with Crippen LogP contribution in [0.5, 0.6) is 0 Å². The van der Waals surface area contributed by atoms with Crippen molar-refractivity contribution in [3.8, 4) is 11.1 Å². The molecule has 0 heterocycles. The van der Waals surface area contributed by atoms with Crippen molar-refractivity contribution in [2.45, 2.75) is 33.1 Å². The van der Waals surface area contributed by atoms with E-state index >= 15 is 0 Å². The second-order valence-electron chi connectivity index (χ2n) is 6.74. The second-order valence-corrected chi connectivity index (χ2v) is 10.5. The summed E-state index contributed by atoms with van der Waals surface area (Å²) in [6, 6.07) is 20.1. The molecule has 0 bridgehead atoms. The molecule has 23 heavy (non-hydrogen) atoms. The van der Waals surface area contributed by atoms with E-state index in [0.29, 0.717) is 0 Å². The molecule has 120 valence electrons. The average Bonchev–Trinajstić information content (AvgIpc) is 2.87. The zero-order chi connectivity index (χ0) is 17.0. The molecule has 0 spiro atoms. The molecule has 0 fully saturated rings. The number of fused-ring (bicyclic) bond motifs is 1. The Morgan fingerprint density at radius 3 is 2.13 bits per heavy atom. The van der Waals surface area contributed by atoms with Gasteiger partial charge in [-0.05, 0) is 16.5 Å². The van der Waals surface area contributed by atoms with E-state index in [1.807, 2.05) is 0 Å². The van der Waals surface area contributed by atoms with Gasteiger partial charge in [0.15, 0.2) is 0 Å². The van der Waals surface area contributed by atoms with Crippen molar-refractivity contribution in [2.24, 2.45) is 0 Å². The molecule has 0 aromatic heterocycles. The van der Waals surface area contributed by atoms with Gasteiger partial charge in [-0.15, -0.1) is 34.5 Å². The Morgan fingerprint density at radius 1 is 0.957 bits per heavy atom. The van der Waals surface area contributed by atoms with E-state index in [0.717, 1.165) is 0 Å². The van der Waals surface area contributed by atoms with Crippen molar-refractivity contribution < 1.29 is 20.8 Å². The van der Waals surface area contributed by atoms with Gasteiger partial charge in [-0.3, -0.25) is 0 Å². The minimum absolute atomic E-state index is 0.210. The third-order valence-electron chi connectivity index (χ3n) is 3.96. The van der Waals surface area contributed by atoms with Crippen LogP contribution in [0.4, 0.5) is 0 Å². The number of benzene rings is 2. The predicted octanol–water partition coefficient (Wildman–Crippen LogP) is 7.21. The van der Waals surface area contributed by atoms with Gasteiger partial charge in [-0.2, -0.15) is 6.07 Å². The van der Waals surface area contributed by atoms with E-state index in [1.54, 1.807) is 0 Å². The monoisotopic (exact) mass is 421 g/mol. The molecule has 0 atom stereocenters. The van der Waals surface area contributed by atoms with Crippen molar-refractivity contribution in [2.75, 3.05) is 0 Å². The molecule has 0 amide bonds. The maximum absolute atomic E-state index is 4.93. The Morgan fingerprint density at radius 2 is 1.57 bits per heavy atom. The molecule has 3 aromatic carbocycles. The molecule has 0 aliphatic heterocycles. The van der Waals surface area contributed by atoms with Gasteiger partial charge >= 0.3 is 37.9 Å². The summed E-state index contributed by atoms with van der Waals surface area (Å²) in [7, 11) is 9.87. The van der Waals surface area contributed by atoms with Gasteiger partial charge in [-0.1, -0.05) is 63.6 Å². The average molecular weight is 424 g/mol. The summed E-state index contributed by atoms with van der Waals surface area (Å²) in [6.07, 6.45) is 0. The topological polar surface area (TPSA) is 0 Å². The zero-order valence-corrected chi connectivity index (χ0v) is 17.9. The second kappa shape index (κ2) is 8.06. The first-order valence-corrected chi connectivity index (χ1v) is 13.9. The summed E-state index contributed by atoms with van der Waals surface area (Å²) in [6.45, 7) is 8.92. The standard InChI is InChI=1S/C20H21.2ClH.Zr/c1-14-12-16-6-5-7-18(19(16)13-14)15-8-10-17(11-9-15)20(2,3)4;;;/h5-13H,1-4H3;2*1H;/q-1;;;+2/p-2. The summed E-state index contributed by atoms with van der Waals surface area (Å²) in [5.41, 5.74) is 5.55. The fourth-order valence-electron chi connectivity index (χ4n) is 2.79. The first kappa shape index (κ1) is 18.8. The van der Waals surface area contributed by atoms with Crippen LogP contribution in [0.2, 0.25) is 0 Å². The molecule has 3 heteroatoms. The van der Waals surface area contributed by atoms with Gasteiger partial charge in [0.1, 0.15) is 0 Å². The van der Waals surface area contributed by atoms with E-state index in [-0.39, 0.29) is 5.41 Å². The van der Waals surface area contributed by atoms with Crippen LogP contribution in [0.1, 0.15) is 31.9 Å². The zero-order valence-electron chi connectivity index (χ0n) is 14.0. The summed E-state index contributed by atoms with van der Waals surface area (Å²) in [5.74, 6) is 0. The minimum atomic E-state index is -0.826. The molecule has 3 aromatic rings. The van der Waals surface area contributed by atoms with Crippen molar-refractivity contribution in [1.82, 2.24) is 0 Å². The molecular weight excluding hydrogens is 402 g/mol. The molecule has 0 aliphatic carbocycles. The molecule has 0 saturated heterocycles. The Labute approximate surface area is 157 Å². The molecule has 0 aliphatic rings. The fraction of sp³-hybridized carbons (Fsp3) is 0.250. The first-order valence-electron chi connectivity index (χ1n) is 7.60. The SMILES string of the molecule is Cc1cc2c(-c3ccc(C(C)(C)C)cc3)cccc2[cH-]1.[Cl][Zr][Cl]. The summed E-state index contributed by atoms with van der Waals surface area (Å²) in [4.78, 5) is 0. The third kappa shape index (κ3) is 4.75. The van der Waals surface area contributed by atoms with E-state index in [4.69, 9.17) is 17.0 Å². The number of hydrogen-bond acceptors (Lipinski definition) is 0. The van der Waals surface area contributed by atoms with Crippen LogP contribution in [-0.2, 0) is 26.3 Å². The molecule has 3 rings (SSSR count). The molecule has 0 N–H and O–H groups in total. The van der Waals surface area contributed by atoms with Gasteiger partial charge in [0.25, 0.3) is 0 Å². The van der Waals surface area contributed by atoms with Crippen molar-refractivity contribution in [3.63, 3.8) is 0 Å². The van der Waals surface area contributed by atoms with E-state index < -0.39 is 20.8 Å². The predicted molar refractivity (Wildman–Crippen MR) is 100 cm³/mol. The summed E-state index contributed by atoms with van der Waals surface area (Å²) in [5, 5.41) is 2.69. The fourth-order valence-corrected chi connectivity index (χ4v) is 2.79. The molecule has 0 nitrogen and oxygen atoms in total. The van der Waals surface area contributed by atoms with E-state index in [9.17, 15) is 0 Å². The van der Waals surface area contributed by atoms with Gasteiger partial charge in [0, 0.05) is 0 Å². The molecule has 0 unspecified atom stereocenters. The number of halogens is 2. The third-order valence-corrected chi connectivity index (χ3v) is 3.96. The van der Waals surface area contributed by atoms with Crippen LogP contribution in [0.25, 0.3) is 21.9 Å². The van der Waals surface area contributed by atoms with Crippen LogP contribution in [-0.4, -0.2) is 0 Å². The van der Waals surface area contributed by atoms with Crippen LogP contribution in [0, 0.1) is 6.92 Å². The summed E-state index contributed by atoms with van der Waals surface area (Å²) < 4.78 is 0. The van der Waals surface area contributed by atoms with E-state index in [1.165, 1.54) is 33.0 Å². The number of aryl methyl sites for hydroxylation is 1. The van der Waals surface area contributed by atoms with Gasteiger partial charge in [-0.25, -0.2) is 0 Å². The van der Waals surface area contributed by atoms with Gasteiger partial charge < -0.3 is 0 Å². The first-order chi connectivity index (χ1) is 10.9. The normalized spacial score (nSPS) is 11.0. The Balaban J connectivity index is 0.000000595. The Hall–Kier alpha value is -0.487. The molecular formula is C20H21Cl2Zr-. The van der Waals surface area contributed by atoms with Crippen LogP contribution < -0.4 is 0 Å². The van der Waals surface area contributed by atoms with E-state index in [2.05, 4.69) is 82.3 Å². The number of rotatable bonds is 1.